The second-order valence-corrected chi connectivity index (χ2v) is 5.79. The van der Waals surface area contributed by atoms with Crippen LogP contribution in [0.15, 0.2) is 16.3 Å². The van der Waals surface area contributed by atoms with Gasteiger partial charge in [-0.3, -0.25) is 4.79 Å². The maximum Gasteiger partial charge on any atom is 0.264 e. The number of rotatable bonds is 1. The fourth-order valence-electron chi connectivity index (χ4n) is 2.16. The van der Waals surface area contributed by atoms with E-state index in [0.717, 1.165) is 29.2 Å². The molecule has 0 spiro atoms. The average molecular weight is 255 g/mol. The van der Waals surface area contributed by atoms with Gasteiger partial charge < -0.3 is 4.90 Å². The molecule has 0 N–H and O–H groups in total. The summed E-state index contributed by atoms with van der Waals surface area (Å²) in [6.45, 7) is 3.05. The first kappa shape index (κ1) is 12.0. The molecular weight excluding hydrogens is 238 g/mol. The van der Waals surface area contributed by atoms with E-state index in [-0.39, 0.29) is 5.91 Å². The van der Waals surface area contributed by atoms with Crippen LogP contribution in [0.5, 0.6) is 0 Å². The van der Waals surface area contributed by atoms with Crippen molar-refractivity contribution in [1.29, 1.82) is 0 Å². The molecule has 1 fully saturated rings. The molecule has 0 radical (unpaired) electrons. The van der Waals surface area contributed by atoms with Gasteiger partial charge in [0.15, 0.2) is 0 Å². The molecule has 1 aliphatic heterocycles. The zero-order valence-corrected chi connectivity index (χ0v) is 11.2. The lowest BCUT2D eigenvalue weighted by Crippen LogP contribution is -2.37. The van der Waals surface area contributed by atoms with Gasteiger partial charge in [0.25, 0.3) is 5.91 Å². The van der Waals surface area contributed by atoms with Crippen molar-refractivity contribution in [2.24, 2.45) is 0 Å². The second kappa shape index (κ2) is 5.23. The van der Waals surface area contributed by atoms with Gasteiger partial charge in [0.05, 0.1) is 4.88 Å². The molecule has 1 amide bonds. The zero-order valence-electron chi connectivity index (χ0n) is 9.48. The summed E-state index contributed by atoms with van der Waals surface area (Å²) in [4.78, 5) is 16.0. The fourth-order valence-corrected chi connectivity index (χ4v) is 3.26. The largest absolute Gasteiger partial charge is 0.335 e. The third-order valence-electron chi connectivity index (χ3n) is 3.11. The lowest BCUT2D eigenvalue weighted by atomic mass is 10.1. The fraction of sp³-hybridized carbons (Fsp3) is 0.583. The first-order valence-electron chi connectivity index (χ1n) is 5.77. The minimum absolute atomic E-state index is 0.180. The number of hydrogen-bond donors (Lipinski definition) is 1. The topological polar surface area (TPSA) is 20.3 Å². The summed E-state index contributed by atoms with van der Waals surface area (Å²) in [7, 11) is 0. The number of carbonyl (C=O) groups is 1. The maximum absolute atomic E-state index is 12.3. The molecule has 2 heterocycles. The van der Waals surface area contributed by atoms with Gasteiger partial charge >= 0.3 is 0 Å². The zero-order chi connectivity index (χ0) is 11.5. The van der Waals surface area contributed by atoms with Gasteiger partial charge in [0, 0.05) is 22.9 Å². The normalized spacial score (nSPS) is 21.9. The lowest BCUT2D eigenvalue weighted by Gasteiger charge is -2.26. The Morgan fingerprint density at radius 1 is 1.50 bits per heavy atom. The highest BCUT2D eigenvalue weighted by Gasteiger charge is 2.23. The van der Waals surface area contributed by atoms with Crippen molar-refractivity contribution in [1.82, 2.24) is 4.90 Å². The Morgan fingerprint density at radius 3 is 3.00 bits per heavy atom. The highest BCUT2D eigenvalue weighted by molar-refractivity contribution is 7.80. The van der Waals surface area contributed by atoms with Crippen LogP contribution in [0.2, 0.25) is 0 Å². The van der Waals surface area contributed by atoms with Gasteiger partial charge in [-0.2, -0.15) is 0 Å². The minimum Gasteiger partial charge on any atom is -0.335 e. The van der Waals surface area contributed by atoms with Gasteiger partial charge in [-0.25, -0.2) is 0 Å². The molecule has 1 atom stereocenters. The highest BCUT2D eigenvalue weighted by Crippen LogP contribution is 2.23. The molecule has 0 aromatic carbocycles. The predicted octanol–water partition coefficient (Wildman–Crippen LogP) is 3.44. The van der Waals surface area contributed by atoms with E-state index in [0.29, 0.717) is 6.04 Å². The van der Waals surface area contributed by atoms with Crippen molar-refractivity contribution in [2.45, 2.75) is 43.5 Å². The van der Waals surface area contributed by atoms with Crippen LogP contribution in [0.25, 0.3) is 0 Å². The molecule has 2 nitrogen and oxygen atoms in total. The van der Waals surface area contributed by atoms with E-state index in [1.165, 1.54) is 24.2 Å². The van der Waals surface area contributed by atoms with E-state index in [9.17, 15) is 4.79 Å². The van der Waals surface area contributed by atoms with Crippen LogP contribution in [-0.4, -0.2) is 23.4 Å². The number of carbonyl (C=O) groups excluding carboxylic acids is 1. The van der Waals surface area contributed by atoms with Crippen molar-refractivity contribution < 1.29 is 4.79 Å². The molecule has 4 heteroatoms. The Hall–Kier alpha value is -0.480. The first-order chi connectivity index (χ1) is 7.68. The van der Waals surface area contributed by atoms with E-state index in [4.69, 9.17) is 0 Å². The third kappa shape index (κ3) is 2.61. The van der Waals surface area contributed by atoms with Crippen molar-refractivity contribution in [3.63, 3.8) is 0 Å². The van der Waals surface area contributed by atoms with Gasteiger partial charge in [-0.1, -0.05) is 12.8 Å². The number of thiophene rings is 1. The van der Waals surface area contributed by atoms with Crippen LogP contribution in [-0.2, 0) is 0 Å². The SMILES string of the molecule is CC1CCCCCN1C(=O)c1cc(S)cs1. The van der Waals surface area contributed by atoms with Gasteiger partial charge in [0.2, 0.25) is 0 Å². The number of thiol groups is 1. The quantitative estimate of drug-likeness (QED) is 0.762. The minimum atomic E-state index is 0.180. The van der Waals surface area contributed by atoms with Crippen molar-refractivity contribution >= 4 is 29.9 Å². The van der Waals surface area contributed by atoms with Crippen molar-refractivity contribution in [3.8, 4) is 0 Å². The number of likely N-dealkylation sites (tertiary alicyclic amines) is 1. The molecule has 2 rings (SSSR count). The van der Waals surface area contributed by atoms with E-state index >= 15 is 0 Å². The number of amides is 1. The van der Waals surface area contributed by atoms with Crippen LogP contribution in [0.1, 0.15) is 42.3 Å². The molecule has 88 valence electrons. The van der Waals surface area contributed by atoms with Gasteiger partial charge in [0.1, 0.15) is 0 Å². The summed E-state index contributed by atoms with van der Waals surface area (Å²) < 4.78 is 0. The molecule has 16 heavy (non-hydrogen) atoms. The Labute approximate surface area is 106 Å². The molecule has 0 bridgehead atoms. The van der Waals surface area contributed by atoms with Crippen LogP contribution < -0.4 is 0 Å². The van der Waals surface area contributed by atoms with Gasteiger partial charge in [-0.05, 0) is 25.8 Å². The molecule has 1 saturated heterocycles. The summed E-state index contributed by atoms with van der Waals surface area (Å²) in [5, 5.41) is 1.92. The standard InChI is InChI=1S/C12H17NOS2/c1-9-5-3-2-4-6-13(9)12(14)11-7-10(15)8-16-11/h7-9,15H,2-6H2,1H3. The molecular formula is C12H17NOS2. The summed E-state index contributed by atoms with van der Waals surface area (Å²) in [5.74, 6) is 0.180. The van der Waals surface area contributed by atoms with E-state index in [2.05, 4.69) is 19.6 Å². The van der Waals surface area contributed by atoms with Crippen LogP contribution in [0.4, 0.5) is 0 Å². The smallest absolute Gasteiger partial charge is 0.264 e. The maximum atomic E-state index is 12.3. The van der Waals surface area contributed by atoms with E-state index in [1.807, 2.05) is 16.3 Å². The molecule has 1 aliphatic rings. The Bertz CT molecular complexity index is 375. The van der Waals surface area contributed by atoms with Crippen LogP contribution in [0, 0.1) is 0 Å². The Morgan fingerprint density at radius 2 is 2.31 bits per heavy atom. The van der Waals surface area contributed by atoms with E-state index in [1.54, 1.807) is 0 Å². The average Bonchev–Trinajstić information content (AvgIpc) is 2.57. The predicted molar refractivity (Wildman–Crippen MR) is 70.5 cm³/mol. The summed E-state index contributed by atoms with van der Waals surface area (Å²) >= 11 is 5.74. The van der Waals surface area contributed by atoms with Crippen molar-refractivity contribution in [2.75, 3.05) is 6.54 Å². The van der Waals surface area contributed by atoms with Crippen LogP contribution in [0.3, 0.4) is 0 Å². The van der Waals surface area contributed by atoms with E-state index < -0.39 is 0 Å². The summed E-state index contributed by atoms with van der Waals surface area (Å²) in [6, 6.07) is 2.24. The number of hydrogen-bond acceptors (Lipinski definition) is 3. The number of nitrogens with zero attached hydrogens (tertiary/aromatic N) is 1. The molecule has 1 aromatic heterocycles. The molecule has 0 saturated carbocycles. The monoisotopic (exact) mass is 255 g/mol. The second-order valence-electron chi connectivity index (χ2n) is 4.37. The van der Waals surface area contributed by atoms with Gasteiger partial charge in [-0.15, -0.1) is 24.0 Å². The Balaban J connectivity index is 2.13. The molecule has 0 aliphatic carbocycles. The Kier molecular flexibility index (Phi) is 3.92. The molecule has 1 aromatic rings. The summed E-state index contributed by atoms with van der Waals surface area (Å²) in [6.07, 6.45) is 4.75. The third-order valence-corrected chi connectivity index (χ3v) is 4.46. The summed E-state index contributed by atoms with van der Waals surface area (Å²) in [5.41, 5.74) is 0. The first-order valence-corrected chi connectivity index (χ1v) is 7.09. The van der Waals surface area contributed by atoms with Crippen LogP contribution >= 0.6 is 24.0 Å². The van der Waals surface area contributed by atoms with Crippen molar-refractivity contribution in [3.05, 3.63) is 16.3 Å². The highest BCUT2D eigenvalue weighted by atomic mass is 32.1. The molecule has 1 unspecified atom stereocenters. The lowest BCUT2D eigenvalue weighted by molar-refractivity contribution is 0.0703.